The topological polar surface area (TPSA) is 114 Å². The van der Waals surface area contributed by atoms with Crippen LogP contribution < -0.4 is 10.1 Å². The molecule has 3 amide bonds. The smallest absolute Gasteiger partial charge is 0.325 e. The summed E-state index contributed by atoms with van der Waals surface area (Å²) >= 11 is 0. The third-order valence-corrected chi connectivity index (χ3v) is 5.60. The molecule has 2 aromatic rings. The van der Waals surface area contributed by atoms with E-state index < -0.39 is 48.6 Å². The number of nitrogens with zero attached hydrogens (tertiary/aromatic N) is 4. The zero-order chi connectivity index (χ0) is 22.2. The molecule has 0 aromatic carbocycles. The Morgan fingerprint density at radius 1 is 1.16 bits per heavy atom. The number of halogens is 2. The van der Waals surface area contributed by atoms with Crippen LogP contribution in [0.1, 0.15) is 36.2 Å². The molecule has 11 heteroatoms. The van der Waals surface area contributed by atoms with Crippen molar-refractivity contribution < 1.29 is 27.9 Å². The maximum Gasteiger partial charge on any atom is 0.325 e. The first-order chi connectivity index (χ1) is 14.7. The number of nitrogens with one attached hydrogen (secondary N) is 1. The van der Waals surface area contributed by atoms with Gasteiger partial charge in [0.05, 0.1) is 37.3 Å². The molecule has 0 atom stereocenters. The fourth-order valence-corrected chi connectivity index (χ4v) is 3.79. The van der Waals surface area contributed by atoms with Crippen LogP contribution in [0.5, 0.6) is 5.75 Å². The standard InChI is InChI=1S/C20H19F2N5O4/c1-31-16-2-7-23-8-12(16)13-9-25-14(10-24-13)15(28)11-27-17(29)19(26-18(27)30)3-5-20(21,22)6-4-19/h2,7-10H,3-6,11H2,1H3,(H,26,30). The number of alkyl halides is 2. The summed E-state index contributed by atoms with van der Waals surface area (Å²) in [4.78, 5) is 50.7. The number of urea groups is 1. The molecule has 3 heterocycles. The van der Waals surface area contributed by atoms with Crippen molar-refractivity contribution in [3.63, 3.8) is 0 Å². The number of rotatable bonds is 5. The predicted octanol–water partition coefficient (Wildman–Crippen LogP) is 2.23. The maximum atomic E-state index is 13.5. The normalized spacial score (nSPS) is 19.4. The van der Waals surface area contributed by atoms with Crippen LogP contribution in [0.3, 0.4) is 0 Å². The SMILES string of the molecule is COc1ccncc1-c1cnc(C(=O)CN2C(=O)NC3(CCC(F)(F)CC3)C2=O)cn1. The van der Waals surface area contributed by atoms with E-state index >= 15 is 0 Å². The molecule has 2 aromatic heterocycles. The zero-order valence-electron chi connectivity index (χ0n) is 16.6. The number of hydrogen-bond donors (Lipinski definition) is 1. The van der Waals surface area contributed by atoms with E-state index in [-0.39, 0.29) is 18.5 Å². The van der Waals surface area contributed by atoms with Crippen LogP contribution >= 0.6 is 0 Å². The Morgan fingerprint density at radius 3 is 2.55 bits per heavy atom. The van der Waals surface area contributed by atoms with Gasteiger partial charge in [-0.05, 0) is 18.9 Å². The summed E-state index contributed by atoms with van der Waals surface area (Å²) in [6.45, 7) is -0.549. The molecule has 1 saturated heterocycles. The van der Waals surface area contributed by atoms with Gasteiger partial charge in [-0.25, -0.2) is 18.6 Å². The lowest BCUT2D eigenvalue weighted by Crippen LogP contribution is -2.51. The number of carbonyl (C=O) groups excluding carboxylic acids is 3. The number of ketones is 1. The average molecular weight is 431 g/mol. The fourth-order valence-electron chi connectivity index (χ4n) is 3.79. The molecule has 1 aliphatic heterocycles. The van der Waals surface area contributed by atoms with Gasteiger partial charge in [-0.3, -0.25) is 24.5 Å². The summed E-state index contributed by atoms with van der Waals surface area (Å²) in [5.41, 5.74) is -0.394. The Bertz CT molecular complexity index is 1030. The molecular weight excluding hydrogens is 412 g/mol. The minimum absolute atomic E-state index is 0.0386. The highest BCUT2D eigenvalue weighted by molar-refractivity contribution is 6.10. The molecule has 0 unspecified atom stereocenters. The van der Waals surface area contributed by atoms with E-state index in [1.54, 1.807) is 18.5 Å². The third kappa shape index (κ3) is 3.82. The highest BCUT2D eigenvalue weighted by Gasteiger charge is 2.55. The lowest BCUT2D eigenvalue weighted by atomic mass is 9.80. The summed E-state index contributed by atoms with van der Waals surface area (Å²) < 4.78 is 32.2. The molecular formula is C20H19F2N5O4. The van der Waals surface area contributed by atoms with Gasteiger partial charge in [-0.2, -0.15) is 0 Å². The van der Waals surface area contributed by atoms with E-state index in [9.17, 15) is 23.2 Å². The Balaban J connectivity index is 1.47. The highest BCUT2D eigenvalue weighted by Crippen LogP contribution is 2.41. The van der Waals surface area contributed by atoms with Crippen molar-refractivity contribution in [1.82, 2.24) is 25.2 Å². The lowest BCUT2D eigenvalue weighted by Gasteiger charge is -2.34. The van der Waals surface area contributed by atoms with Gasteiger partial charge in [0.1, 0.15) is 17.0 Å². The molecule has 1 aliphatic carbocycles. The molecule has 0 bridgehead atoms. The number of imide groups is 1. The van der Waals surface area contributed by atoms with Crippen molar-refractivity contribution >= 4 is 17.7 Å². The van der Waals surface area contributed by atoms with Gasteiger partial charge < -0.3 is 10.1 Å². The van der Waals surface area contributed by atoms with Crippen LogP contribution in [0.2, 0.25) is 0 Å². The second kappa shape index (κ2) is 7.64. The molecule has 2 fully saturated rings. The van der Waals surface area contributed by atoms with Gasteiger partial charge in [0.25, 0.3) is 5.91 Å². The predicted molar refractivity (Wildman–Crippen MR) is 103 cm³/mol. The van der Waals surface area contributed by atoms with E-state index in [0.29, 0.717) is 17.0 Å². The summed E-state index contributed by atoms with van der Waals surface area (Å²) in [5, 5.41) is 2.50. The Kier molecular flexibility index (Phi) is 5.11. The number of pyridine rings is 1. The zero-order valence-corrected chi connectivity index (χ0v) is 16.6. The summed E-state index contributed by atoms with van der Waals surface area (Å²) in [6, 6.07) is 0.887. The van der Waals surface area contributed by atoms with Gasteiger partial charge in [0.2, 0.25) is 11.7 Å². The molecule has 1 saturated carbocycles. The highest BCUT2D eigenvalue weighted by atomic mass is 19.3. The van der Waals surface area contributed by atoms with Gasteiger partial charge in [0.15, 0.2) is 0 Å². The molecule has 2 aliphatic rings. The van der Waals surface area contributed by atoms with Gasteiger partial charge in [0, 0.05) is 25.2 Å². The minimum atomic E-state index is -2.85. The van der Waals surface area contributed by atoms with Crippen molar-refractivity contribution in [2.45, 2.75) is 37.1 Å². The van der Waals surface area contributed by atoms with Crippen LogP contribution in [-0.2, 0) is 4.79 Å². The molecule has 1 spiro atoms. The summed E-state index contributed by atoms with van der Waals surface area (Å²) in [6.07, 6.45) is 4.38. The van der Waals surface area contributed by atoms with Crippen molar-refractivity contribution in [3.8, 4) is 17.0 Å². The van der Waals surface area contributed by atoms with Crippen LogP contribution in [0.25, 0.3) is 11.3 Å². The summed E-state index contributed by atoms with van der Waals surface area (Å²) in [7, 11) is 1.50. The Morgan fingerprint density at radius 2 is 1.90 bits per heavy atom. The Hall–Kier alpha value is -3.50. The van der Waals surface area contributed by atoms with Gasteiger partial charge in [-0.1, -0.05) is 0 Å². The number of carbonyl (C=O) groups is 3. The number of Topliss-reactive ketones (excluding diaryl/α,β-unsaturated/α-hetero) is 1. The van der Waals surface area contributed by atoms with Crippen molar-refractivity contribution in [1.29, 1.82) is 0 Å². The first kappa shape index (κ1) is 20.8. The molecule has 4 rings (SSSR count). The van der Waals surface area contributed by atoms with Crippen molar-refractivity contribution in [2.24, 2.45) is 0 Å². The molecule has 0 radical (unpaired) electrons. The molecule has 1 N–H and O–H groups in total. The lowest BCUT2D eigenvalue weighted by molar-refractivity contribution is -0.135. The van der Waals surface area contributed by atoms with E-state index in [0.717, 1.165) is 4.90 Å². The van der Waals surface area contributed by atoms with Crippen LogP contribution in [0.15, 0.2) is 30.9 Å². The van der Waals surface area contributed by atoms with Gasteiger partial charge in [-0.15, -0.1) is 0 Å². The van der Waals surface area contributed by atoms with Gasteiger partial charge >= 0.3 is 6.03 Å². The largest absolute Gasteiger partial charge is 0.496 e. The molecule has 9 nitrogen and oxygen atoms in total. The maximum absolute atomic E-state index is 13.5. The monoisotopic (exact) mass is 431 g/mol. The minimum Gasteiger partial charge on any atom is -0.496 e. The van der Waals surface area contributed by atoms with E-state index in [1.807, 2.05) is 0 Å². The summed E-state index contributed by atoms with van der Waals surface area (Å²) in [5.74, 6) is -3.58. The Labute approximate surface area is 175 Å². The first-order valence-corrected chi connectivity index (χ1v) is 9.60. The second-order valence-corrected chi connectivity index (χ2v) is 7.55. The van der Waals surface area contributed by atoms with E-state index in [2.05, 4.69) is 20.3 Å². The molecule has 162 valence electrons. The number of methoxy groups -OCH3 is 1. The van der Waals surface area contributed by atoms with E-state index in [4.69, 9.17) is 4.74 Å². The van der Waals surface area contributed by atoms with Crippen LogP contribution in [-0.4, -0.2) is 62.7 Å². The van der Waals surface area contributed by atoms with Crippen LogP contribution in [0, 0.1) is 0 Å². The molecule has 31 heavy (non-hydrogen) atoms. The second-order valence-electron chi connectivity index (χ2n) is 7.55. The van der Waals surface area contributed by atoms with Crippen molar-refractivity contribution in [2.75, 3.05) is 13.7 Å². The van der Waals surface area contributed by atoms with E-state index in [1.165, 1.54) is 19.5 Å². The van der Waals surface area contributed by atoms with Crippen molar-refractivity contribution in [3.05, 3.63) is 36.5 Å². The first-order valence-electron chi connectivity index (χ1n) is 9.60. The van der Waals surface area contributed by atoms with Crippen LogP contribution in [0.4, 0.5) is 13.6 Å². The number of hydrogen-bond acceptors (Lipinski definition) is 7. The number of ether oxygens (including phenoxy) is 1. The number of aromatic nitrogens is 3. The average Bonchev–Trinajstić information content (AvgIpc) is 3.00. The number of amides is 3. The third-order valence-electron chi connectivity index (χ3n) is 5.60. The quantitative estimate of drug-likeness (QED) is 0.570. The fraction of sp³-hybridized carbons (Fsp3) is 0.400.